The van der Waals surface area contributed by atoms with Gasteiger partial charge in [0.2, 0.25) is 5.96 Å². The van der Waals surface area contributed by atoms with E-state index in [9.17, 15) is 0 Å². The number of benzene rings is 1. The van der Waals surface area contributed by atoms with Crippen LogP contribution in [0.3, 0.4) is 0 Å². The second-order valence-electron chi connectivity index (χ2n) is 5.05. The van der Waals surface area contributed by atoms with Gasteiger partial charge in [-0.3, -0.25) is 0 Å². The number of hydrogen-bond acceptors (Lipinski definition) is 5. The molecule has 2 aromatic rings. The second-order valence-corrected chi connectivity index (χ2v) is 6.05. The van der Waals surface area contributed by atoms with E-state index in [2.05, 4.69) is 15.2 Å². The molecule has 0 aliphatic heterocycles. The second kappa shape index (κ2) is 8.26. The minimum Gasteiger partial charge on any atom is -0.490 e. The summed E-state index contributed by atoms with van der Waals surface area (Å²) >= 11 is 1.55. The predicted molar refractivity (Wildman–Crippen MR) is 101 cm³/mol. The third-order valence-electron chi connectivity index (χ3n) is 3.12. The lowest BCUT2D eigenvalue weighted by Gasteiger charge is -2.03. The van der Waals surface area contributed by atoms with Gasteiger partial charge in [-0.25, -0.2) is 4.98 Å². The Hall–Kier alpha value is -2.67. The Morgan fingerprint density at radius 2 is 1.96 bits per heavy atom. The molecule has 1 heterocycles. The van der Waals surface area contributed by atoms with Crippen molar-refractivity contribution in [2.75, 3.05) is 6.61 Å². The van der Waals surface area contributed by atoms with Crippen molar-refractivity contribution in [3.05, 3.63) is 47.0 Å². The van der Waals surface area contributed by atoms with E-state index >= 15 is 0 Å². The van der Waals surface area contributed by atoms with Gasteiger partial charge in [0.15, 0.2) is 0 Å². The van der Waals surface area contributed by atoms with E-state index in [1.807, 2.05) is 57.2 Å². The fraction of sp³-hybridized carbons (Fsp3) is 0.235. The largest absolute Gasteiger partial charge is 0.490 e. The zero-order valence-corrected chi connectivity index (χ0v) is 14.8. The number of nitrogens with zero attached hydrogens (tertiary/aromatic N) is 3. The summed E-state index contributed by atoms with van der Waals surface area (Å²) in [5.74, 6) is 0.765. The van der Waals surface area contributed by atoms with Gasteiger partial charge in [0.1, 0.15) is 17.4 Å². The maximum atomic E-state index is 5.60. The standard InChI is InChI=1S/C17H21N5OS/c1-4-5-10-23-14-8-6-13(7-9-14)16-20-11(2)15(24-16)12(3)21-22-17(18)19/h4-9H,10H2,1-3H3,(H4,18,19,22)/b5-4+,21-12+. The molecule has 6 nitrogen and oxygen atoms in total. The number of thiazole rings is 1. The smallest absolute Gasteiger partial charge is 0.211 e. The lowest BCUT2D eigenvalue weighted by atomic mass is 10.2. The van der Waals surface area contributed by atoms with Gasteiger partial charge in [0, 0.05) is 5.56 Å². The molecule has 0 bridgehead atoms. The van der Waals surface area contributed by atoms with E-state index in [4.69, 9.17) is 16.2 Å². The summed E-state index contributed by atoms with van der Waals surface area (Å²) in [4.78, 5) is 5.57. The zero-order chi connectivity index (χ0) is 17.5. The number of allylic oxidation sites excluding steroid dienone is 1. The van der Waals surface area contributed by atoms with Gasteiger partial charge in [0.05, 0.1) is 16.3 Å². The summed E-state index contributed by atoms with van der Waals surface area (Å²) in [5.41, 5.74) is 13.3. The molecule has 0 saturated heterocycles. The number of guanidine groups is 1. The molecule has 1 aromatic heterocycles. The van der Waals surface area contributed by atoms with Gasteiger partial charge in [-0.15, -0.1) is 16.4 Å². The summed E-state index contributed by atoms with van der Waals surface area (Å²) < 4.78 is 5.60. The molecule has 0 unspecified atom stereocenters. The van der Waals surface area contributed by atoms with Crippen LogP contribution in [0.5, 0.6) is 5.75 Å². The van der Waals surface area contributed by atoms with Crippen molar-refractivity contribution >= 4 is 23.0 Å². The van der Waals surface area contributed by atoms with E-state index in [1.165, 1.54) is 0 Å². The molecular weight excluding hydrogens is 322 g/mol. The molecule has 24 heavy (non-hydrogen) atoms. The monoisotopic (exact) mass is 343 g/mol. The first-order valence-electron chi connectivity index (χ1n) is 7.46. The van der Waals surface area contributed by atoms with Gasteiger partial charge in [-0.1, -0.05) is 12.2 Å². The van der Waals surface area contributed by atoms with Crippen molar-refractivity contribution in [1.29, 1.82) is 0 Å². The Kier molecular flexibility index (Phi) is 6.08. The fourth-order valence-electron chi connectivity index (χ4n) is 1.97. The lowest BCUT2D eigenvalue weighted by molar-refractivity contribution is 0.363. The molecule has 0 amide bonds. The number of aryl methyl sites for hydroxylation is 1. The molecule has 0 atom stereocenters. The van der Waals surface area contributed by atoms with Crippen LogP contribution in [0, 0.1) is 6.92 Å². The Morgan fingerprint density at radius 3 is 2.58 bits per heavy atom. The van der Waals surface area contributed by atoms with Crippen LogP contribution in [-0.4, -0.2) is 23.3 Å². The highest BCUT2D eigenvalue weighted by molar-refractivity contribution is 7.17. The number of rotatable bonds is 6. The van der Waals surface area contributed by atoms with Crippen molar-refractivity contribution in [2.24, 2.45) is 21.7 Å². The van der Waals surface area contributed by atoms with Crippen molar-refractivity contribution in [1.82, 2.24) is 4.98 Å². The Balaban J connectivity index is 2.20. The van der Waals surface area contributed by atoms with Crippen molar-refractivity contribution in [3.8, 4) is 16.3 Å². The molecule has 7 heteroatoms. The van der Waals surface area contributed by atoms with E-state index in [0.717, 1.165) is 32.6 Å². The number of hydrogen-bond donors (Lipinski definition) is 2. The quantitative estimate of drug-likeness (QED) is 0.364. The molecule has 0 saturated carbocycles. The fourth-order valence-corrected chi connectivity index (χ4v) is 2.98. The molecule has 1 aromatic carbocycles. The normalized spacial score (nSPS) is 11.7. The highest BCUT2D eigenvalue weighted by Crippen LogP contribution is 2.29. The van der Waals surface area contributed by atoms with Crippen LogP contribution in [0.4, 0.5) is 0 Å². The average Bonchev–Trinajstić information content (AvgIpc) is 2.95. The maximum Gasteiger partial charge on any atom is 0.211 e. The van der Waals surface area contributed by atoms with Gasteiger partial charge >= 0.3 is 0 Å². The summed E-state index contributed by atoms with van der Waals surface area (Å²) in [7, 11) is 0. The molecular formula is C17H21N5OS. The number of ether oxygens (including phenoxy) is 1. The predicted octanol–water partition coefficient (Wildman–Crippen LogP) is 3.07. The van der Waals surface area contributed by atoms with Crippen LogP contribution >= 0.6 is 11.3 Å². The third-order valence-corrected chi connectivity index (χ3v) is 4.44. The first-order chi connectivity index (χ1) is 11.5. The SMILES string of the molecule is C/C=C/COc1ccc(-c2nc(C)c(/C(C)=N/N=C(N)N)s2)cc1. The highest BCUT2D eigenvalue weighted by atomic mass is 32.1. The van der Waals surface area contributed by atoms with Crippen molar-refractivity contribution in [2.45, 2.75) is 20.8 Å². The van der Waals surface area contributed by atoms with Crippen LogP contribution in [0.2, 0.25) is 0 Å². The van der Waals surface area contributed by atoms with Crippen LogP contribution < -0.4 is 16.2 Å². The van der Waals surface area contributed by atoms with E-state index in [1.54, 1.807) is 11.3 Å². The summed E-state index contributed by atoms with van der Waals surface area (Å²) in [6.07, 6.45) is 3.92. The number of nitrogens with two attached hydrogens (primary N) is 2. The average molecular weight is 343 g/mol. The summed E-state index contributed by atoms with van der Waals surface area (Å²) in [5, 5.41) is 8.62. The van der Waals surface area contributed by atoms with E-state index in [-0.39, 0.29) is 5.96 Å². The first kappa shape index (κ1) is 17.7. The summed E-state index contributed by atoms with van der Waals surface area (Å²) in [6, 6.07) is 7.87. The van der Waals surface area contributed by atoms with Gasteiger partial charge in [0.25, 0.3) is 0 Å². The number of aromatic nitrogens is 1. The molecule has 0 aliphatic carbocycles. The Morgan fingerprint density at radius 1 is 1.25 bits per heavy atom. The third kappa shape index (κ3) is 4.66. The Bertz CT molecular complexity index is 771. The molecule has 0 fully saturated rings. The molecule has 4 N–H and O–H groups in total. The maximum absolute atomic E-state index is 5.60. The minimum atomic E-state index is -0.0646. The van der Waals surface area contributed by atoms with Gasteiger partial charge in [-0.2, -0.15) is 5.10 Å². The first-order valence-corrected chi connectivity index (χ1v) is 8.28. The highest BCUT2D eigenvalue weighted by Gasteiger charge is 2.12. The van der Waals surface area contributed by atoms with E-state index in [0.29, 0.717) is 6.61 Å². The molecule has 0 spiro atoms. The Labute approximate surface area is 145 Å². The van der Waals surface area contributed by atoms with Crippen molar-refractivity contribution in [3.63, 3.8) is 0 Å². The topological polar surface area (TPSA) is 98.9 Å². The van der Waals surface area contributed by atoms with Crippen LogP contribution in [-0.2, 0) is 0 Å². The summed E-state index contributed by atoms with van der Waals surface area (Å²) in [6.45, 7) is 6.33. The minimum absolute atomic E-state index is 0.0646. The van der Waals surface area contributed by atoms with Gasteiger partial charge in [-0.05, 0) is 45.0 Å². The van der Waals surface area contributed by atoms with E-state index < -0.39 is 0 Å². The molecule has 2 rings (SSSR count). The zero-order valence-electron chi connectivity index (χ0n) is 14.0. The molecule has 0 radical (unpaired) electrons. The van der Waals surface area contributed by atoms with Gasteiger partial charge < -0.3 is 16.2 Å². The van der Waals surface area contributed by atoms with Crippen LogP contribution in [0.15, 0.2) is 46.6 Å². The molecule has 0 aliphatic rings. The van der Waals surface area contributed by atoms with Crippen LogP contribution in [0.1, 0.15) is 24.4 Å². The van der Waals surface area contributed by atoms with Crippen LogP contribution in [0.25, 0.3) is 10.6 Å². The van der Waals surface area contributed by atoms with Crippen molar-refractivity contribution < 1.29 is 4.74 Å². The molecule has 126 valence electrons. The lowest BCUT2D eigenvalue weighted by Crippen LogP contribution is -2.22.